The van der Waals surface area contributed by atoms with E-state index in [0.717, 1.165) is 11.1 Å². The summed E-state index contributed by atoms with van der Waals surface area (Å²) in [6, 6.07) is 19.3. The second-order valence-corrected chi connectivity index (χ2v) is 7.26. The Kier molecular flexibility index (Phi) is 6.12. The molecule has 2 heterocycles. The number of primary amides is 1. The Labute approximate surface area is 189 Å². The second kappa shape index (κ2) is 9.31. The molecule has 0 bridgehead atoms. The zero-order valence-corrected chi connectivity index (χ0v) is 17.8. The predicted molar refractivity (Wildman–Crippen MR) is 120 cm³/mol. The molecule has 3 N–H and O–H groups in total. The number of fused-ring (bicyclic) bond motifs is 1. The van der Waals surface area contributed by atoms with E-state index in [1.165, 1.54) is 17.8 Å². The molecule has 1 atom stereocenters. The Bertz CT molecular complexity index is 1320. The van der Waals surface area contributed by atoms with Gasteiger partial charge in [-0.3, -0.25) is 18.8 Å². The van der Waals surface area contributed by atoms with Crippen LogP contribution in [-0.2, 0) is 9.53 Å². The number of ether oxygens (including phenoxy) is 1. The van der Waals surface area contributed by atoms with Crippen molar-refractivity contribution in [1.29, 1.82) is 0 Å². The molecule has 2 aromatic heterocycles. The van der Waals surface area contributed by atoms with Crippen molar-refractivity contribution in [3.8, 4) is 11.3 Å². The topological polar surface area (TPSA) is 129 Å². The van der Waals surface area contributed by atoms with Gasteiger partial charge in [-0.2, -0.15) is 0 Å². The van der Waals surface area contributed by atoms with Crippen LogP contribution in [-0.4, -0.2) is 39.3 Å². The zero-order valence-electron chi connectivity index (χ0n) is 17.8. The average molecular weight is 443 g/mol. The number of amides is 2. The molecule has 0 radical (unpaired) electrons. The first-order valence-electron chi connectivity index (χ1n) is 10.1. The van der Waals surface area contributed by atoms with Gasteiger partial charge in [0.2, 0.25) is 0 Å². The number of carbonyl (C=O) groups is 3. The van der Waals surface area contributed by atoms with Crippen molar-refractivity contribution in [2.45, 2.75) is 12.5 Å². The van der Waals surface area contributed by atoms with Gasteiger partial charge in [0.15, 0.2) is 11.3 Å². The molecule has 0 saturated carbocycles. The van der Waals surface area contributed by atoms with Crippen LogP contribution in [0.4, 0.5) is 0 Å². The van der Waals surface area contributed by atoms with Gasteiger partial charge in [-0.1, -0.05) is 60.7 Å². The van der Waals surface area contributed by atoms with E-state index in [0.29, 0.717) is 5.69 Å². The summed E-state index contributed by atoms with van der Waals surface area (Å²) in [6.07, 6.45) is 1.27. The maximum absolute atomic E-state index is 13.4. The largest absolute Gasteiger partial charge is 0.469 e. The molecule has 4 rings (SSSR count). The maximum atomic E-state index is 13.4. The molecule has 0 fully saturated rings. The lowest BCUT2D eigenvalue weighted by Gasteiger charge is -2.19. The lowest BCUT2D eigenvalue weighted by molar-refractivity contribution is -0.141. The minimum Gasteiger partial charge on any atom is -0.469 e. The molecule has 4 aromatic rings. The molecule has 2 aromatic carbocycles. The van der Waals surface area contributed by atoms with Gasteiger partial charge in [0.25, 0.3) is 11.8 Å². The lowest BCUT2D eigenvalue weighted by atomic mass is 10.0. The zero-order chi connectivity index (χ0) is 23.4. The number of hydrogen-bond donors (Lipinski definition) is 2. The van der Waals surface area contributed by atoms with Crippen molar-refractivity contribution in [3.63, 3.8) is 0 Å². The summed E-state index contributed by atoms with van der Waals surface area (Å²) in [5, 5.41) is 2.89. The summed E-state index contributed by atoms with van der Waals surface area (Å²) in [6.45, 7) is 0. The summed E-state index contributed by atoms with van der Waals surface area (Å²) in [4.78, 5) is 45.8. The maximum Gasteiger partial charge on any atom is 0.307 e. The third-order valence-electron chi connectivity index (χ3n) is 5.14. The molecule has 9 heteroatoms. The van der Waals surface area contributed by atoms with E-state index in [1.54, 1.807) is 6.07 Å². The van der Waals surface area contributed by atoms with Gasteiger partial charge in [-0.25, -0.2) is 9.97 Å². The molecular formula is C24H21N5O4. The predicted octanol–water partition coefficient (Wildman–Crippen LogP) is 2.53. The van der Waals surface area contributed by atoms with Gasteiger partial charge in [0, 0.05) is 5.56 Å². The fourth-order valence-electron chi connectivity index (χ4n) is 3.50. The van der Waals surface area contributed by atoms with Gasteiger partial charge in [0.1, 0.15) is 12.0 Å². The molecule has 0 aliphatic heterocycles. The van der Waals surface area contributed by atoms with Crippen molar-refractivity contribution in [2.24, 2.45) is 5.73 Å². The van der Waals surface area contributed by atoms with E-state index in [2.05, 4.69) is 15.3 Å². The number of rotatable bonds is 7. The third kappa shape index (κ3) is 4.57. The monoisotopic (exact) mass is 443 g/mol. The summed E-state index contributed by atoms with van der Waals surface area (Å²) < 4.78 is 6.20. The summed E-state index contributed by atoms with van der Waals surface area (Å²) in [5.74, 6) is -1.70. The number of benzene rings is 2. The summed E-state index contributed by atoms with van der Waals surface area (Å²) in [5.41, 5.74) is 7.73. The quantitative estimate of drug-likeness (QED) is 0.422. The Morgan fingerprint density at radius 2 is 1.73 bits per heavy atom. The summed E-state index contributed by atoms with van der Waals surface area (Å²) in [7, 11) is 1.29. The van der Waals surface area contributed by atoms with E-state index in [-0.39, 0.29) is 23.5 Å². The van der Waals surface area contributed by atoms with E-state index in [1.807, 2.05) is 60.7 Å². The first kappa shape index (κ1) is 21.7. The fraction of sp³-hybridized carbons (Fsp3) is 0.125. The minimum atomic E-state index is -0.755. The van der Waals surface area contributed by atoms with Crippen LogP contribution in [0.2, 0.25) is 0 Å². The van der Waals surface area contributed by atoms with Gasteiger partial charge in [0.05, 0.1) is 25.3 Å². The Balaban J connectivity index is 1.79. The number of hydrogen-bond acceptors (Lipinski definition) is 6. The number of aromatic nitrogens is 3. The Morgan fingerprint density at radius 3 is 2.36 bits per heavy atom. The van der Waals surface area contributed by atoms with E-state index >= 15 is 0 Å². The van der Waals surface area contributed by atoms with Crippen molar-refractivity contribution in [2.75, 3.05) is 7.11 Å². The average Bonchev–Trinajstić information content (AvgIpc) is 3.28. The highest BCUT2D eigenvalue weighted by Crippen LogP contribution is 2.23. The van der Waals surface area contributed by atoms with Crippen LogP contribution in [0, 0.1) is 0 Å². The van der Waals surface area contributed by atoms with Crippen LogP contribution < -0.4 is 11.1 Å². The van der Waals surface area contributed by atoms with Crippen molar-refractivity contribution in [3.05, 3.63) is 90.0 Å². The lowest BCUT2D eigenvalue weighted by Crippen LogP contribution is -2.32. The Morgan fingerprint density at radius 1 is 1.06 bits per heavy atom. The van der Waals surface area contributed by atoms with Crippen molar-refractivity contribution in [1.82, 2.24) is 19.7 Å². The van der Waals surface area contributed by atoms with Crippen LogP contribution in [0.15, 0.2) is 73.1 Å². The molecule has 0 aliphatic rings. The molecule has 166 valence electrons. The highest BCUT2D eigenvalue weighted by Gasteiger charge is 2.23. The van der Waals surface area contributed by atoms with Crippen LogP contribution in [0.1, 0.15) is 39.0 Å². The van der Waals surface area contributed by atoms with E-state index < -0.39 is 23.8 Å². The van der Waals surface area contributed by atoms with Crippen LogP contribution in [0.5, 0.6) is 0 Å². The Hall–Kier alpha value is -4.53. The van der Waals surface area contributed by atoms with Crippen LogP contribution in [0.25, 0.3) is 16.9 Å². The second-order valence-electron chi connectivity index (χ2n) is 7.26. The number of esters is 1. The first-order valence-corrected chi connectivity index (χ1v) is 10.1. The third-order valence-corrected chi connectivity index (χ3v) is 5.14. The normalized spacial score (nSPS) is 11.7. The van der Waals surface area contributed by atoms with Crippen LogP contribution >= 0.6 is 0 Å². The van der Waals surface area contributed by atoms with Gasteiger partial charge >= 0.3 is 5.97 Å². The fourth-order valence-corrected chi connectivity index (χ4v) is 3.50. The van der Waals surface area contributed by atoms with Crippen molar-refractivity contribution < 1.29 is 19.1 Å². The van der Waals surface area contributed by atoms with Gasteiger partial charge in [-0.15, -0.1) is 0 Å². The molecule has 2 amide bonds. The molecule has 1 unspecified atom stereocenters. The molecule has 0 aliphatic carbocycles. The number of nitrogens with zero attached hydrogens (tertiary/aromatic N) is 3. The minimum absolute atomic E-state index is 0.0454. The summed E-state index contributed by atoms with van der Waals surface area (Å²) >= 11 is 0. The molecular weight excluding hydrogens is 422 g/mol. The number of imidazole rings is 1. The number of methoxy groups -OCH3 is 1. The van der Waals surface area contributed by atoms with Crippen molar-refractivity contribution >= 4 is 23.4 Å². The number of nitrogens with one attached hydrogen (secondary N) is 1. The first-order chi connectivity index (χ1) is 16.0. The van der Waals surface area contributed by atoms with Gasteiger partial charge in [-0.05, 0) is 11.6 Å². The number of carbonyl (C=O) groups excluding carboxylic acids is 3. The molecule has 9 nitrogen and oxygen atoms in total. The smallest absolute Gasteiger partial charge is 0.307 e. The molecule has 0 spiro atoms. The molecule has 0 saturated heterocycles. The standard InChI is InChI=1S/C24H21N5O4/c1-33-20(30)13-18(16-10-6-3-7-11-16)28-24(32)19-12-17(15-8-4-2-5-9-15)27-23-21(22(25)31)26-14-29(19)23/h2-12,14,18H,13H2,1H3,(H2,25,31)(H,28,32). The molecule has 33 heavy (non-hydrogen) atoms. The number of nitrogens with two attached hydrogens (primary N) is 1. The highest BCUT2D eigenvalue weighted by molar-refractivity contribution is 5.99. The van der Waals surface area contributed by atoms with Gasteiger partial charge < -0.3 is 15.8 Å². The van der Waals surface area contributed by atoms with E-state index in [4.69, 9.17) is 10.5 Å². The SMILES string of the molecule is COC(=O)CC(NC(=O)c1cc(-c2ccccc2)nc2c(C(N)=O)ncn12)c1ccccc1. The van der Waals surface area contributed by atoms with Crippen LogP contribution in [0.3, 0.4) is 0 Å². The highest BCUT2D eigenvalue weighted by atomic mass is 16.5. The van der Waals surface area contributed by atoms with E-state index in [9.17, 15) is 14.4 Å².